The van der Waals surface area contributed by atoms with Crippen molar-refractivity contribution in [2.45, 2.75) is 39.5 Å². The first kappa shape index (κ1) is 20.5. The fraction of sp³-hybridized carbons (Fsp3) is 0.556. The minimum atomic E-state index is 0. The van der Waals surface area contributed by atoms with Crippen molar-refractivity contribution < 1.29 is 4.52 Å². The summed E-state index contributed by atoms with van der Waals surface area (Å²) in [4.78, 5) is 6.75. The summed E-state index contributed by atoms with van der Waals surface area (Å²) < 4.78 is 5.49. The lowest BCUT2D eigenvalue weighted by atomic mass is 10.2. The Morgan fingerprint density at radius 1 is 1.00 bits per heavy atom. The van der Waals surface area contributed by atoms with Gasteiger partial charge < -0.3 is 14.7 Å². The summed E-state index contributed by atoms with van der Waals surface area (Å²) in [6, 6.07) is 10.6. The van der Waals surface area contributed by atoms with Gasteiger partial charge in [0.15, 0.2) is 0 Å². The van der Waals surface area contributed by atoms with Gasteiger partial charge in [-0.15, -0.1) is 12.4 Å². The van der Waals surface area contributed by atoms with Gasteiger partial charge in [-0.3, -0.25) is 0 Å². The molecule has 0 saturated carbocycles. The number of nitrogens with zero attached hydrogens (tertiary/aromatic N) is 3. The van der Waals surface area contributed by atoms with E-state index in [2.05, 4.69) is 34.2 Å². The summed E-state index contributed by atoms with van der Waals surface area (Å²) in [5, 5.41) is 7.59. The Bertz CT molecular complexity index is 547. The molecule has 1 aromatic heterocycles. The summed E-state index contributed by atoms with van der Waals surface area (Å²) in [5.74, 6) is 0.654. The van der Waals surface area contributed by atoms with E-state index < -0.39 is 0 Å². The van der Waals surface area contributed by atoms with Crippen molar-refractivity contribution in [3.8, 4) is 11.4 Å². The van der Waals surface area contributed by atoms with Crippen LogP contribution >= 0.6 is 12.4 Å². The van der Waals surface area contributed by atoms with Crippen molar-refractivity contribution >= 4 is 18.4 Å². The van der Waals surface area contributed by atoms with Crippen LogP contribution in [-0.4, -0.2) is 36.3 Å². The molecule has 0 aliphatic carbocycles. The molecule has 0 amide bonds. The Kier molecular flexibility index (Phi) is 10.1. The normalized spacial score (nSPS) is 10.4. The molecule has 5 nitrogen and oxygen atoms in total. The molecule has 0 radical (unpaired) electrons. The first-order chi connectivity index (χ1) is 11.3. The van der Waals surface area contributed by atoms with E-state index in [1.54, 1.807) is 0 Å². The summed E-state index contributed by atoms with van der Waals surface area (Å²) in [5.41, 5.74) is 0.985. The average molecular weight is 353 g/mol. The zero-order valence-electron chi connectivity index (χ0n) is 14.7. The molecule has 0 bridgehead atoms. The van der Waals surface area contributed by atoms with Crippen molar-refractivity contribution in [1.29, 1.82) is 0 Å². The third-order valence-electron chi connectivity index (χ3n) is 3.77. The highest BCUT2D eigenvalue weighted by Crippen LogP contribution is 2.19. The average Bonchev–Trinajstić information content (AvgIpc) is 3.08. The van der Waals surface area contributed by atoms with Gasteiger partial charge >= 0.3 is 6.01 Å². The monoisotopic (exact) mass is 352 g/mol. The van der Waals surface area contributed by atoms with Crippen LogP contribution < -0.4 is 10.2 Å². The fourth-order valence-corrected chi connectivity index (χ4v) is 2.34. The largest absolute Gasteiger partial charge is 0.324 e. The lowest BCUT2D eigenvalue weighted by molar-refractivity contribution is 0.411. The first-order valence-corrected chi connectivity index (χ1v) is 8.70. The fourth-order valence-electron chi connectivity index (χ4n) is 2.34. The molecule has 24 heavy (non-hydrogen) atoms. The van der Waals surface area contributed by atoms with Crippen LogP contribution in [0.25, 0.3) is 11.4 Å². The van der Waals surface area contributed by atoms with Gasteiger partial charge in [0.1, 0.15) is 0 Å². The molecule has 0 aliphatic heterocycles. The molecular formula is C18H29ClN4O. The van der Waals surface area contributed by atoms with Crippen LogP contribution in [0, 0.1) is 0 Å². The van der Waals surface area contributed by atoms with Crippen LogP contribution in [0.2, 0.25) is 0 Å². The van der Waals surface area contributed by atoms with Crippen molar-refractivity contribution in [3.05, 3.63) is 30.3 Å². The SMILES string of the molecule is CCCCNCCN(CCCC)c1nc(-c2ccccc2)no1.Cl. The molecule has 2 aromatic rings. The highest BCUT2D eigenvalue weighted by atomic mass is 35.5. The van der Waals surface area contributed by atoms with E-state index in [0.717, 1.165) is 44.6 Å². The van der Waals surface area contributed by atoms with E-state index in [1.807, 2.05) is 30.3 Å². The van der Waals surface area contributed by atoms with E-state index in [9.17, 15) is 0 Å². The Labute approximate surface area is 151 Å². The summed E-state index contributed by atoms with van der Waals surface area (Å²) in [7, 11) is 0. The number of nitrogens with one attached hydrogen (secondary N) is 1. The quantitative estimate of drug-likeness (QED) is 0.615. The van der Waals surface area contributed by atoms with Gasteiger partial charge in [-0.1, -0.05) is 62.2 Å². The van der Waals surface area contributed by atoms with E-state index in [0.29, 0.717) is 11.8 Å². The third kappa shape index (κ3) is 6.49. The maximum absolute atomic E-state index is 5.49. The lowest BCUT2D eigenvalue weighted by Gasteiger charge is -2.19. The number of hydrogen-bond acceptors (Lipinski definition) is 5. The van der Waals surface area contributed by atoms with Gasteiger partial charge in [0.25, 0.3) is 0 Å². The Hall–Kier alpha value is -1.59. The van der Waals surface area contributed by atoms with Crippen LogP contribution in [0.15, 0.2) is 34.9 Å². The zero-order valence-corrected chi connectivity index (χ0v) is 15.5. The minimum absolute atomic E-state index is 0. The molecule has 134 valence electrons. The number of benzene rings is 1. The van der Waals surface area contributed by atoms with Crippen molar-refractivity contribution in [2.24, 2.45) is 0 Å². The summed E-state index contributed by atoms with van der Waals surface area (Å²) >= 11 is 0. The number of anilines is 1. The maximum Gasteiger partial charge on any atom is 0.324 e. The summed E-state index contributed by atoms with van der Waals surface area (Å²) in [6.07, 6.45) is 4.71. The molecule has 0 aliphatic rings. The number of unbranched alkanes of at least 4 members (excludes halogenated alkanes) is 2. The van der Waals surface area contributed by atoms with Crippen LogP contribution in [0.3, 0.4) is 0 Å². The van der Waals surface area contributed by atoms with E-state index in [1.165, 1.54) is 12.8 Å². The molecule has 0 spiro atoms. The number of rotatable bonds is 11. The Balaban J connectivity index is 0.00000288. The molecule has 6 heteroatoms. The summed E-state index contributed by atoms with van der Waals surface area (Å²) in [6.45, 7) is 8.24. The van der Waals surface area contributed by atoms with Crippen LogP contribution in [0.5, 0.6) is 0 Å². The first-order valence-electron chi connectivity index (χ1n) is 8.70. The molecule has 0 saturated heterocycles. The highest BCUT2D eigenvalue weighted by molar-refractivity contribution is 5.85. The number of halogens is 1. The molecule has 1 N–H and O–H groups in total. The van der Waals surface area contributed by atoms with Gasteiger partial charge in [0, 0.05) is 25.2 Å². The van der Waals surface area contributed by atoms with Gasteiger partial charge in [0.2, 0.25) is 5.82 Å². The predicted molar refractivity (Wildman–Crippen MR) is 102 cm³/mol. The van der Waals surface area contributed by atoms with Crippen LogP contribution in [0.4, 0.5) is 6.01 Å². The van der Waals surface area contributed by atoms with Crippen LogP contribution in [-0.2, 0) is 0 Å². The van der Waals surface area contributed by atoms with Crippen molar-refractivity contribution in [1.82, 2.24) is 15.5 Å². The van der Waals surface area contributed by atoms with Gasteiger partial charge in [-0.05, 0) is 19.4 Å². The zero-order chi connectivity index (χ0) is 16.3. The minimum Gasteiger partial charge on any atom is -0.323 e. The second-order valence-electron chi connectivity index (χ2n) is 5.71. The second kappa shape index (κ2) is 11.9. The molecule has 0 fully saturated rings. The molecule has 0 unspecified atom stereocenters. The Morgan fingerprint density at radius 3 is 2.46 bits per heavy atom. The lowest BCUT2D eigenvalue weighted by Crippen LogP contribution is -2.33. The van der Waals surface area contributed by atoms with Gasteiger partial charge in [0.05, 0.1) is 0 Å². The van der Waals surface area contributed by atoms with Gasteiger partial charge in [-0.2, -0.15) is 4.98 Å². The smallest absolute Gasteiger partial charge is 0.323 e. The standard InChI is InChI=1S/C18H28N4O.ClH/c1-3-5-12-19-13-15-22(14-6-4-2)18-20-17(21-23-18)16-10-8-7-9-11-16;/h7-11,19H,3-6,12-15H2,1-2H3;1H. The van der Waals surface area contributed by atoms with E-state index in [4.69, 9.17) is 4.52 Å². The predicted octanol–water partition coefficient (Wildman–Crippen LogP) is 4.15. The Morgan fingerprint density at radius 2 is 1.75 bits per heavy atom. The van der Waals surface area contributed by atoms with E-state index >= 15 is 0 Å². The maximum atomic E-state index is 5.49. The molecule has 2 rings (SSSR count). The topological polar surface area (TPSA) is 54.2 Å². The highest BCUT2D eigenvalue weighted by Gasteiger charge is 2.14. The number of hydrogen-bond donors (Lipinski definition) is 1. The third-order valence-corrected chi connectivity index (χ3v) is 3.77. The molecule has 1 aromatic carbocycles. The van der Waals surface area contributed by atoms with Crippen molar-refractivity contribution in [2.75, 3.05) is 31.1 Å². The number of aromatic nitrogens is 2. The molecule has 1 heterocycles. The van der Waals surface area contributed by atoms with Crippen molar-refractivity contribution in [3.63, 3.8) is 0 Å². The molecule has 0 atom stereocenters. The molecular weight excluding hydrogens is 324 g/mol. The second-order valence-corrected chi connectivity index (χ2v) is 5.71. The van der Waals surface area contributed by atoms with Gasteiger partial charge in [-0.25, -0.2) is 0 Å². The van der Waals surface area contributed by atoms with Crippen LogP contribution in [0.1, 0.15) is 39.5 Å². The van der Waals surface area contributed by atoms with E-state index in [-0.39, 0.29) is 12.4 Å².